The maximum Gasteiger partial charge on any atom is 0.433 e. The number of halogens is 3. The molecule has 0 fully saturated rings. The van der Waals surface area contributed by atoms with Gasteiger partial charge in [-0.3, -0.25) is 0 Å². The van der Waals surface area contributed by atoms with Crippen molar-refractivity contribution in [2.24, 2.45) is 0 Å². The van der Waals surface area contributed by atoms with Gasteiger partial charge in [0.25, 0.3) is 0 Å². The molecule has 0 bridgehead atoms. The second kappa shape index (κ2) is 5.82. The van der Waals surface area contributed by atoms with Crippen LogP contribution in [0.4, 0.5) is 13.2 Å². The van der Waals surface area contributed by atoms with E-state index < -0.39 is 18.0 Å². The molecule has 3 aromatic rings. The third-order valence-electron chi connectivity index (χ3n) is 3.50. The minimum Gasteiger partial charge on any atom is -0.494 e. The van der Waals surface area contributed by atoms with Gasteiger partial charge < -0.3 is 9.84 Å². The monoisotopic (exact) mass is 339 g/mol. The van der Waals surface area contributed by atoms with E-state index in [4.69, 9.17) is 4.74 Å². The molecule has 0 aliphatic carbocycles. The van der Waals surface area contributed by atoms with Gasteiger partial charge >= 0.3 is 6.18 Å². The molecule has 2 heterocycles. The minimum absolute atomic E-state index is 0.0779. The van der Waals surface area contributed by atoms with Crippen LogP contribution in [0.15, 0.2) is 41.1 Å². The fourth-order valence-corrected chi connectivity index (χ4v) is 3.07. The summed E-state index contributed by atoms with van der Waals surface area (Å²) >= 11 is 1.36. The number of ether oxygens (including phenoxy) is 1. The smallest absolute Gasteiger partial charge is 0.433 e. The molecule has 1 N–H and O–H groups in total. The number of hydrogen-bond donors (Lipinski definition) is 1. The first-order valence-electron chi connectivity index (χ1n) is 6.67. The average Bonchev–Trinajstić information content (AvgIpc) is 3.06. The lowest BCUT2D eigenvalue weighted by Gasteiger charge is -2.17. The van der Waals surface area contributed by atoms with E-state index >= 15 is 0 Å². The van der Waals surface area contributed by atoms with Gasteiger partial charge in [0, 0.05) is 5.39 Å². The Bertz CT molecular complexity index is 831. The summed E-state index contributed by atoms with van der Waals surface area (Å²) in [7, 11) is 1.37. The molecule has 3 nitrogen and oxygen atoms in total. The summed E-state index contributed by atoms with van der Waals surface area (Å²) in [5.74, 6) is 0.229. The number of fused-ring (bicyclic) bond motifs is 1. The molecule has 3 rings (SSSR count). The van der Waals surface area contributed by atoms with Crippen molar-refractivity contribution < 1.29 is 23.0 Å². The summed E-state index contributed by atoms with van der Waals surface area (Å²) in [5.41, 5.74) is -0.286. The van der Waals surface area contributed by atoms with Crippen LogP contribution in [0, 0.1) is 0 Å². The number of pyridine rings is 1. The van der Waals surface area contributed by atoms with Gasteiger partial charge in [-0.15, -0.1) is 0 Å². The first-order valence-corrected chi connectivity index (χ1v) is 7.61. The van der Waals surface area contributed by atoms with E-state index in [1.54, 1.807) is 29.0 Å². The molecule has 1 atom stereocenters. The van der Waals surface area contributed by atoms with E-state index in [-0.39, 0.29) is 16.8 Å². The highest BCUT2D eigenvalue weighted by Gasteiger charge is 2.34. The Labute approximate surface area is 134 Å². The Morgan fingerprint density at radius 3 is 2.65 bits per heavy atom. The second-order valence-corrected chi connectivity index (χ2v) is 5.69. The van der Waals surface area contributed by atoms with E-state index in [1.165, 1.54) is 24.5 Å². The van der Waals surface area contributed by atoms with Crippen molar-refractivity contribution >= 4 is 22.2 Å². The Kier molecular flexibility index (Phi) is 3.99. The molecule has 23 heavy (non-hydrogen) atoms. The standard InChI is InChI=1S/C16H12F3NO2S/c1-22-12-4-2-3-10-11(15(21)9-5-6-23-8-9)7-13(16(17,18)19)20-14(10)12/h2-8,15,21H,1H3. The molecule has 0 aliphatic rings. The van der Waals surface area contributed by atoms with Crippen LogP contribution in [0.3, 0.4) is 0 Å². The zero-order valence-electron chi connectivity index (χ0n) is 12.0. The molecule has 1 aromatic carbocycles. The average molecular weight is 339 g/mol. The van der Waals surface area contributed by atoms with Crippen molar-refractivity contribution in [2.75, 3.05) is 7.11 Å². The number of aliphatic hydroxyl groups is 1. The third-order valence-corrected chi connectivity index (χ3v) is 4.20. The fourth-order valence-electron chi connectivity index (χ4n) is 2.39. The molecule has 0 saturated heterocycles. The molecule has 120 valence electrons. The van der Waals surface area contributed by atoms with Gasteiger partial charge in [-0.1, -0.05) is 12.1 Å². The summed E-state index contributed by atoms with van der Waals surface area (Å²) in [6, 6.07) is 7.38. The van der Waals surface area contributed by atoms with Crippen LogP contribution in [0.25, 0.3) is 10.9 Å². The number of aromatic nitrogens is 1. The predicted octanol–water partition coefficient (Wildman–Crippen LogP) is 4.41. The Balaban J connectivity index is 2.30. The first kappa shape index (κ1) is 15.8. The highest BCUT2D eigenvalue weighted by atomic mass is 32.1. The molecule has 2 aromatic heterocycles. The van der Waals surface area contributed by atoms with Crippen molar-refractivity contribution in [3.63, 3.8) is 0 Å². The minimum atomic E-state index is -4.61. The van der Waals surface area contributed by atoms with Crippen LogP contribution in [0.1, 0.15) is 22.9 Å². The molecule has 0 saturated carbocycles. The largest absolute Gasteiger partial charge is 0.494 e. The van der Waals surface area contributed by atoms with E-state index in [9.17, 15) is 18.3 Å². The number of rotatable bonds is 3. The highest BCUT2D eigenvalue weighted by molar-refractivity contribution is 7.08. The van der Waals surface area contributed by atoms with Crippen molar-refractivity contribution in [1.82, 2.24) is 4.98 Å². The van der Waals surface area contributed by atoms with Crippen molar-refractivity contribution in [3.05, 3.63) is 57.9 Å². The lowest BCUT2D eigenvalue weighted by molar-refractivity contribution is -0.141. The van der Waals surface area contributed by atoms with Crippen LogP contribution in [-0.2, 0) is 6.18 Å². The number of benzene rings is 1. The molecular weight excluding hydrogens is 327 g/mol. The van der Waals surface area contributed by atoms with E-state index in [0.717, 1.165) is 6.07 Å². The number of nitrogens with zero attached hydrogens (tertiary/aromatic N) is 1. The summed E-state index contributed by atoms with van der Waals surface area (Å²) < 4.78 is 44.6. The molecule has 0 spiro atoms. The number of hydrogen-bond acceptors (Lipinski definition) is 4. The zero-order valence-corrected chi connectivity index (χ0v) is 12.8. The van der Waals surface area contributed by atoms with Gasteiger partial charge in [0.1, 0.15) is 23.1 Å². The lowest BCUT2D eigenvalue weighted by Crippen LogP contribution is -2.11. The highest BCUT2D eigenvalue weighted by Crippen LogP contribution is 2.37. The number of para-hydroxylation sites is 1. The van der Waals surface area contributed by atoms with Crippen molar-refractivity contribution in [3.8, 4) is 5.75 Å². The number of aliphatic hydroxyl groups excluding tert-OH is 1. The third kappa shape index (κ3) is 2.89. The number of alkyl halides is 3. The fraction of sp³-hybridized carbons (Fsp3) is 0.188. The summed E-state index contributed by atoms with van der Waals surface area (Å²) in [6.07, 6.45) is -5.78. The summed E-state index contributed by atoms with van der Waals surface area (Å²) in [4.78, 5) is 3.68. The topological polar surface area (TPSA) is 42.4 Å². The quantitative estimate of drug-likeness (QED) is 0.769. The molecule has 0 amide bonds. The maximum atomic E-state index is 13.2. The molecule has 0 aliphatic heterocycles. The summed E-state index contributed by atoms with van der Waals surface area (Å²) in [5, 5.41) is 14.4. The zero-order chi connectivity index (χ0) is 16.6. The Morgan fingerprint density at radius 2 is 2.04 bits per heavy atom. The Morgan fingerprint density at radius 1 is 1.26 bits per heavy atom. The number of methoxy groups -OCH3 is 1. The van der Waals surface area contributed by atoms with Gasteiger partial charge in [0.15, 0.2) is 0 Å². The molecule has 0 radical (unpaired) electrons. The van der Waals surface area contributed by atoms with Crippen LogP contribution >= 0.6 is 11.3 Å². The first-order chi connectivity index (χ1) is 10.9. The van der Waals surface area contributed by atoms with Gasteiger partial charge in [0.05, 0.1) is 7.11 Å². The number of thiophene rings is 1. The van der Waals surface area contributed by atoms with E-state index in [0.29, 0.717) is 10.9 Å². The normalized spacial score (nSPS) is 13.3. The van der Waals surface area contributed by atoms with Gasteiger partial charge in [-0.05, 0) is 40.1 Å². The molecule has 1 unspecified atom stereocenters. The van der Waals surface area contributed by atoms with Crippen LogP contribution < -0.4 is 4.74 Å². The lowest BCUT2D eigenvalue weighted by atomic mass is 9.98. The molecule has 7 heteroatoms. The van der Waals surface area contributed by atoms with Crippen LogP contribution in [0.5, 0.6) is 5.75 Å². The predicted molar refractivity (Wildman–Crippen MR) is 81.7 cm³/mol. The molecular formula is C16H12F3NO2S. The SMILES string of the molecule is COc1cccc2c(C(O)c3ccsc3)cc(C(F)(F)F)nc12. The van der Waals surface area contributed by atoms with Crippen molar-refractivity contribution in [2.45, 2.75) is 12.3 Å². The Hall–Kier alpha value is -2.12. The van der Waals surface area contributed by atoms with Gasteiger partial charge in [0.2, 0.25) is 0 Å². The van der Waals surface area contributed by atoms with E-state index in [1.807, 2.05) is 0 Å². The van der Waals surface area contributed by atoms with Crippen molar-refractivity contribution in [1.29, 1.82) is 0 Å². The second-order valence-electron chi connectivity index (χ2n) is 4.91. The maximum absolute atomic E-state index is 13.2. The van der Waals surface area contributed by atoms with Crippen LogP contribution in [0.2, 0.25) is 0 Å². The van der Waals surface area contributed by atoms with Gasteiger partial charge in [-0.2, -0.15) is 24.5 Å². The summed E-state index contributed by atoms with van der Waals surface area (Å²) in [6.45, 7) is 0. The van der Waals surface area contributed by atoms with E-state index in [2.05, 4.69) is 4.98 Å². The van der Waals surface area contributed by atoms with Gasteiger partial charge in [-0.25, -0.2) is 4.98 Å². The van der Waals surface area contributed by atoms with Crippen LogP contribution in [-0.4, -0.2) is 17.2 Å².